The summed E-state index contributed by atoms with van der Waals surface area (Å²) in [4.78, 5) is 50.8. The first kappa shape index (κ1) is 10.1. The van der Waals surface area contributed by atoms with Crippen LogP contribution in [0.15, 0.2) is 42.3 Å². The first-order chi connectivity index (χ1) is 21.2. The van der Waals surface area contributed by atoms with Crippen molar-refractivity contribution in [3.8, 4) is 0 Å². The SMILES string of the molecule is [2H]c1c([2H])c(C(F)(F)C(=O)NCc2c([2H])c([2H])c3c(c2[2H])C([2H])([2H])N(C2([2H])C(=O)N([2H])C(=O)C([2H])([2H])C2([2H])[2H])C3=O)c([2H])c([2H])c1Cl. The van der Waals surface area contributed by atoms with Crippen LogP contribution in [-0.4, -0.2) is 34.5 Å². The highest BCUT2D eigenvalue weighted by molar-refractivity contribution is 6.30. The quantitative estimate of drug-likeness (QED) is 0.648. The molecule has 4 rings (SSSR count). The van der Waals surface area contributed by atoms with E-state index in [-0.39, 0.29) is 0 Å². The number of nitrogens with one attached hydrogen (secondary N) is 2. The summed E-state index contributed by atoms with van der Waals surface area (Å²) in [7, 11) is 0. The monoisotopic (exact) mass is 476 g/mol. The summed E-state index contributed by atoms with van der Waals surface area (Å²) in [6.45, 7) is -4.98. The number of benzene rings is 2. The number of rotatable bonds is 5. The summed E-state index contributed by atoms with van der Waals surface area (Å²) in [5.41, 5.74) is -5.01. The Kier molecular flexibility index (Phi) is 2.62. The molecule has 2 heterocycles. The van der Waals surface area contributed by atoms with Crippen LogP contribution < -0.4 is 10.6 Å². The van der Waals surface area contributed by atoms with Crippen molar-refractivity contribution in [3.63, 3.8) is 0 Å². The maximum Gasteiger partial charge on any atom is 0.349 e. The van der Waals surface area contributed by atoms with Crippen LogP contribution >= 0.6 is 11.6 Å². The maximum atomic E-state index is 15.2. The first-order valence-electron chi connectivity index (χ1n) is 15.9. The zero-order chi connectivity index (χ0) is 36.3. The zero-order valence-corrected chi connectivity index (χ0v) is 16.1. The molecule has 32 heavy (non-hydrogen) atoms. The summed E-state index contributed by atoms with van der Waals surface area (Å²) in [5, 5.41) is -0.00803. The molecule has 4 amide bonds. The average molecular weight is 477 g/mol. The number of carbonyl (C=O) groups is 4. The molecule has 0 radical (unpaired) electrons. The van der Waals surface area contributed by atoms with E-state index in [1.54, 1.807) is 5.32 Å². The van der Waals surface area contributed by atoms with Gasteiger partial charge in [-0.2, -0.15) is 8.78 Å². The number of imide groups is 1. The molecule has 1 unspecified atom stereocenters. The minimum absolute atomic E-state index is 0.520. The Hall–Kier alpha value is -3.33. The molecular formula is C22H18ClF2N3O4. The van der Waals surface area contributed by atoms with Crippen molar-refractivity contribution >= 4 is 35.2 Å². The molecule has 2 aliphatic rings. The fraction of sp³-hybridized carbons (Fsp3) is 0.273. The minimum atomic E-state index is -4.81. The van der Waals surface area contributed by atoms with Gasteiger partial charge >= 0.3 is 5.92 Å². The molecule has 166 valence electrons. The van der Waals surface area contributed by atoms with Gasteiger partial charge in [-0.3, -0.25) is 24.5 Å². The molecular weight excluding hydrogens is 444 g/mol. The fourth-order valence-electron chi connectivity index (χ4n) is 2.55. The molecule has 0 aliphatic carbocycles. The number of nitrogens with zero attached hydrogens (tertiary/aromatic N) is 1. The second-order valence-corrected chi connectivity index (χ2v) is 6.50. The summed E-state index contributed by atoms with van der Waals surface area (Å²) in [6.07, 6.45) is -7.95. The number of carbonyl (C=O) groups excluding carboxylic acids is 4. The number of amides is 4. The number of fused-ring (bicyclic) bond motifs is 1. The Labute approximate surface area is 207 Å². The van der Waals surface area contributed by atoms with Gasteiger partial charge in [-0.1, -0.05) is 35.8 Å². The summed E-state index contributed by atoms with van der Waals surface area (Å²) in [6, 6.07) is -12.6. The molecule has 2 N–H and O–H groups in total. The summed E-state index contributed by atoms with van der Waals surface area (Å²) < 4.78 is 152. The van der Waals surface area contributed by atoms with Crippen LogP contribution in [0.25, 0.3) is 0 Å². The van der Waals surface area contributed by atoms with Crippen molar-refractivity contribution in [1.82, 2.24) is 15.5 Å². The Bertz CT molecular complexity index is 1800. The highest BCUT2D eigenvalue weighted by Gasteiger charge is 2.41. The minimum Gasteiger partial charge on any atom is -0.346 e. The second-order valence-electron chi connectivity index (χ2n) is 6.12. The fourth-order valence-corrected chi connectivity index (χ4v) is 2.64. The van der Waals surface area contributed by atoms with Crippen LogP contribution in [0.2, 0.25) is 6.43 Å². The van der Waals surface area contributed by atoms with E-state index in [0.717, 1.165) is 0 Å². The van der Waals surface area contributed by atoms with E-state index in [4.69, 9.17) is 32.2 Å². The zero-order valence-electron chi connectivity index (χ0n) is 30.4. The lowest BCUT2D eigenvalue weighted by molar-refractivity contribution is -0.147. The number of piperidine rings is 1. The van der Waals surface area contributed by atoms with Crippen LogP contribution in [0.4, 0.5) is 8.78 Å². The number of alkyl halides is 2. The van der Waals surface area contributed by atoms with E-state index in [2.05, 4.69) is 0 Å². The van der Waals surface area contributed by atoms with Crippen molar-refractivity contribution in [2.75, 3.05) is 0 Å². The van der Waals surface area contributed by atoms with Crippen molar-refractivity contribution in [3.05, 3.63) is 69.6 Å². The lowest BCUT2D eigenvalue weighted by Gasteiger charge is -2.29. The molecule has 2 aliphatic heterocycles. The lowest BCUT2D eigenvalue weighted by Crippen LogP contribution is -2.52. The standard InChI is InChI=1S/C22H18ClF2N3O4/c23-15-4-2-14(3-5-15)22(24,25)21(32)26-10-12-1-6-16-13(9-12)11-28(20(16)31)17-7-8-18(29)27-19(17)30/h1-6,9,17H,7-8,10-11H2,(H,26,32)(H,27,29,30)/i1D,2D,3D,4D,5D,6D,7D2,8D2,9D,11D2,17D/hD. The maximum absolute atomic E-state index is 15.2. The summed E-state index contributed by atoms with van der Waals surface area (Å²) >= 11 is 5.61. The topological polar surface area (TPSA) is 95.6 Å². The van der Waals surface area contributed by atoms with Crippen LogP contribution in [0, 0.1) is 0 Å². The molecule has 0 saturated carbocycles. The van der Waals surface area contributed by atoms with Gasteiger partial charge in [0.2, 0.25) is 11.8 Å². The van der Waals surface area contributed by atoms with Crippen LogP contribution in [-0.2, 0) is 33.3 Å². The van der Waals surface area contributed by atoms with E-state index >= 15 is 8.78 Å². The van der Waals surface area contributed by atoms with Crippen molar-refractivity contribution < 1.29 is 48.6 Å². The van der Waals surface area contributed by atoms with E-state index in [1.165, 1.54) is 0 Å². The van der Waals surface area contributed by atoms with Gasteiger partial charge in [0, 0.05) is 41.0 Å². The van der Waals surface area contributed by atoms with Gasteiger partial charge in [-0.05, 0) is 35.6 Å². The molecule has 7 nitrogen and oxygen atoms in total. The largest absolute Gasteiger partial charge is 0.349 e. The Balaban J connectivity index is 1.82. The van der Waals surface area contributed by atoms with Crippen LogP contribution in [0.1, 0.15) is 59.0 Å². The van der Waals surface area contributed by atoms with Gasteiger partial charge in [0.1, 0.15) is 6.02 Å². The first-order valence-corrected chi connectivity index (χ1v) is 8.84. The van der Waals surface area contributed by atoms with Gasteiger partial charge in [0.25, 0.3) is 11.8 Å². The molecule has 0 spiro atoms. The van der Waals surface area contributed by atoms with E-state index in [0.29, 0.717) is 0 Å². The predicted octanol–water partition coefficient (Wildman–Crippen LogP) is 2.51. The Morgan fingerprint density at radius 2 is 2.03 bits per heavy atom. The predicted molar refractivity (Wildman–Crippen MR) is 110 cm³/mol. The molecule has 1 atom stereocenters. The van der Waals surface area contributed by atoms with Crippen molar-refractivity contribution in [2.45, 2.75) is 37.7 Å². The van der Waals surface area contributed by atoms with E-state index < -0.39 is 141 Å². The van der Waals surface area contributed by atoms with Gasteiger partial charge in [0.15, 0.2) is 1.41 Å². The number of hydrogen-bond acceptors (Lipinski definition) is 4. The molecule has 1 fully saturated rings. The number of hydrogen-bond donors (Lipinski definition) is 2. The Morgan fingerprint density at radius 3 is 2.75 bits per heavy atom. The Morgan fingerprint density at radius 1 is 1.31 bits per heavy atom. The van der Waals surface area contributed by atoms with Gasteiger partial charge in [0.05, 0.1) is 13.7 Å². The molecule has 2 aromatic rings. The van der Waals surface area contributed by atoms with Gasteiger partial charge in [-0.25, -0.2) is 0 Å². The molecule has 0 aromatic heterocycles. The van der Waals surface area contributed by atoms with Gasteiger partial charge in [-0.15, -0.1) is 0 Å². The van der Waals surface area contributed by atoms with Crippen LogP contribution in [0.3, 0.4) is 0 Å². The highest BCUT2D eigenvalue weighted by atomic mass is 35.5. The highest BCUT2D eigenvalue weighted by Crippen LogP contribution is 2.30. The van der Waals surface area contributed by atoms with Crippen LogP contribution in [0.5, 0.6) is 0 Å². The molecule has 2 aromatic carbocycles. The third-order valence-electron chi connectivity index (χ3n) is 4.04. The smallest absolute Gasteiger partial charge is 0.346 e. The second kappa shape index (κ2) is 8.31. The third-order valence-corrected chi connectivity index (χ3v) is 4.23. The molecule has 10 heteroatoms. The summed E-state index contributed by atoms with van der Waals surface area (Å²) in [5.74, 6) is -13.3. The number of halogens is 3. The van der Waals surface area contributed by atoms with E-state index in [1.807, 2.05) is 0 Å². The molecule has 1 saturated heterocycles. The van der Waals surface area contributed by atoms with E-state index in [9.17, 15) is 19.2 Å². The molecule has 0 bridgehead atoms. The lowest BCUT2D eigenvalue weighted by atomic mass is 10.0. The van der Waals surface area contributed by atoms with Crippen molar-refractivity contribution in [2.24, 2.45) is 0 Å². The third kappa shape index (κ3) is 4.08. The average Bonchev–Trinajstić information content (AvgIpc) is 3.19. The van der Waals surface area contributed by atoms with Gasteiger partial charge < -0.3 is 10.2 Å². The van der Waals surface area contributed by atoms with Crippen molar-refractivity contribution in [1.29, 1.82) is 0 Å². The normalized spacial score (nSPS) is 32.5.